The number of fused-ring (bicyclic) bond motifs is 1. The van der Waals surface area contributed by atoms with E-state index < -0.39 is 0 Å². The van der Waals surface area contributed by atoms with Crippen LogP contribution in [0.15, 0.2) is 12.1 Å². The van der Waals surface area contributed by atoms with Gasteiger partial charge in [-0.2, -0.15) is 0 Å². The highest BCUT2D eigenvalue weighted by Crippen LogP contribution is 2.32. The van der Waals surface area contributed by atoms with Gasteiger partial charge in [0.1, 0.15) is 11.6 Å². The van der Waals surface area contributed by atoms with Crippen LogP contribution in [-0.2, 0) is 16.0 Å². The van der Waals surface area contributed by atoms with Gasteiger partial charge in [-0.05, 0) is 25.0 Å². The maximum atomic E-state index is 12.2. The van der Waals surface area contributed by atoms with Crippen LogP contribution in [0.2, 0.25) is 10.0 Å². The molecule has 0 spiro atoms. The Morgan fingerprint density at radius 2 is 2.07 bits per heavy atom. The summed E-state index contributed by atoms with van der Waals surface area (Å²) in [7, 11) is 1.65. The molecule has 1 heterocycles. The van der Waals surface area contributed by atoms with Gasteiger partial charge in [0.2, 0.25) is 5.91 Å². The Morgan fingerprint density at radius 3 is 2.74 bits per heavy atom. The highest BCUT2D eigenvalue weighted by atomic mass is 35.5. The number of carbonyl (C=O) groups is 1. The average Bonchev–Trinajstić information content (AvgIpc) is 3.45. The number of amides is 1. The third-order valence-electron chi connectivity index (χ3n) is 4.48. The molecule has 3 rings (SSSR count). The fourth-order valence-corrected chi connectivity index (χ4v) is 3.41. The zero-order valence-electron chi connectivity index (χ0n) is 15.6. The number of carbonyl (C=O) groups excluding carboxylic acids is 1. The molecule has 6 nitrogen and oxygen atoms in total. The van der Waals surface area contributed by atoms with Gasteiger partial charge in [0.25, 0.3) is 0 Å². The lowest BCUT2D eigenvalue weighted by molar-refractivity contribution is -0.121. The predicted octanol–water partition coefficient (Wildman–Crippen LogP) is 3.62. The van der Waals surface area contributed by atoms with Crippen molar-refractivity contribution in [3.63, 3.8) is 0 Å². The van der Waals surface area contributed by atoms with E-state index in [9.17, 15) is 4.79 Å². The van der Waals surface area contributed by atoms with Crippen molar-refractivity contribution in [3.05, 3.63) is 28.0 Å². The fraction of sp³-hybridized carbons (Fsp3) is 0.526. The topological polar surface area (TPSA) is 67.4 Å². The summed E-state index contributed by atoms with van der Waals surface area (Å²) in [5, 5.41) is 4.83. The number of benzene rings is 1. The molecule has 0 aliphatic heterocycles. The van der Waals surface area contributed by atoms with E-state index in [1.807, 2.05) is 17.9 Å². The van der Waals surface area contributed by atoms with Crippen LogP contribution in [0, 0.1) is 0 Å². The van der Waals surface area contributed by atoms with Crippen molar-refractivity contribution in [2.45, 2.75) is 38.6 Å². The molecular weight excluding hydrogens is 387 g/mol. The molecule has 0 saturated heterocycles. The van der Waals surface area contributed by atoms with Gasteiger partial charge in [0, 0.05) is 49.5 Å². The highest BCUT2D eigenvalue weighted by Gasteiger charge is 2.24. The first-order chi connectivity index (χ1) is 13.0. The molecule has 0 bridgehead atoms. The van der Waals surface area contributed by atoms with Gasteiger partial charge >= 0.3 is 0 Å². The standard InChI is InChI=1S/C19H24Cl2N4O2/c1-3-16-23-18-14(10-12(20)11-15(18)21)19(24-16)25(8-9-27-2)7-6-17(26)22-13-4-5-13/h10-11,13H,3-9H2,1-2H3,(H,22,26). The Hall–Kier alpha value is -1.63. The monoisotopic (exact) mass is 410 g/mol. The number of halogens is 2. The number of methoxy groups -OCH3 is 1. The minimum absolute atomic E-state index is 0.0602. The minimum atomic E-state index is 0.0602. The number of hydrogen-bond acceptors (Lipinski definition) is 5. The van der Waals surface area contributed by atoms with E-state index in [0.717, 1.165) is 24.0 Å². The molecule has 0 unspecified atom stereocenters. The first-order valence-corrected chi connectivity index (χ1v) is 9.96. The number of nitrogens with one attached hydrogen (secondary N) is 1. The number of hydrogen-bond donors (Lipinski definition) is 1. The second-order valence-electron chi connectivity index (χ2n) is 6.67. The lowest BCUT2D eigenvalue weighted by Crippen LogP contribution is -2.34. The molecule has 0 atom stereocenters. The molecule has 1 aliphatic rings. The van der Waals surface area contributed by atoms with Crippen molar-refractivity contribution in [1.82, 2.24) is 15.3 Å². The van der Waals surface area contributed by atoms with Crippen molar-refractivity contribution in [3.8, 4) is 0 Å². The highest BCUT2D eigenvalue weighted by molar-refractivity contribution is 6.38. The average molecular weight is 411 g/mol. The second kappa shape index (κ2) is 9.04. The molecule has 1 amide bonds. The van der Waals surface area contributed by atoms with Gasteiger partial charge in [-0.1, -0.05) is 30.1 Å². The SMILES string of the molecule is CCc1nc(N(CCOC)CCC(=O)NC2CC2)c2cc(Cl)cc(Cl)c2n1. The van der Waals surface area contributed by atoms with Crippen LogP contribution in [0.1, 0.15) is 32.0 Å². The molecule has 0 radical (unpaired) electrons. The summed E-state index contributed by atoms with van der Waals surface area (Å²) in [6.07, 6.45) is 3.22. The van der Waals surface area contributed by atoms with E-state index in [-0.39, 0.29) is 5.91 Å². The Labute approximate surface area is 169 Å². The molecule has 1 aliphatic carbocycles. The van der Waals surface area contributed by atoms with Crippen LogP contribution in [0.5, 0.6) is 0 Å². The minimum Gasteiger partial charge on any atom is -0.383 e. The summed E-state index contributed by atoms with van der Waals surface area (Å²) in [6.45, 7) is 3.65. The third-order valence-corrected chi connectivity index (χ3v) is 4.98. The van der Waals surface area contributed by atoms with Crippen LogP contribution < -0.4 is 10.2 Å². The van der Waals surface area contributed by atoms with Crippen molar-refractivity contribution < 1.29 is 9.53 Å². The van der Waals surface area contributed by atoms with Crippen molar-refractivity contribution in [2.24, 2.45) is 0 Å². The van der Waals surface area contributed by atoms with Gasteiger partial charge < -0.3 is 15.0 Å². The first kappa shape index (κ1) is 20.1. The summed E-state index contributed by atoms with van der Waals surface area (Å²) < 4.78 is 5.25. The van der Waals surface area contributed by atoms with Crippen LogP contribution >= 0.6 is 23.2 Å². The molecule has 1 saturated carbocycles. The molecular formula is C19H24Cl2N4O2. The zero-order chi connectivity index (χ0) is 19.4. The number of rotatable bonds is 9. The molecule has 1 aromatic heterocycles. The van der Waals surface area contributed by atoms with E-state index in [1.54, 1.807) is 13.2 Å². The lowest BCUT2D eigenvalue weighted by atomic mass is 10.2. The lowest BCUT2D eigenvalue weighted by Gasteiger charge is -2.25. The maximum Gasteiger partial charge on any atom is 0.221 e. The van der Waals surface area contributed by atoms with Crippen LogP contribution in [-0.4, -0.2) is 48.7 Å². The first-order valence-electron chi connectivity index (χ1n) is 9.20. The summed E-state index contributed by atoms with van der Waals surface area (Å²) in [5.74, 6) is 1.49. The quantitative estimate of drug-likeness (QED) is 0.683. The smallest absolute Gasteiger partial charge is 0.221 e. The number of aromatic nitrogens is 2. The van der Waals surface area contributed by atoms with E-state index in [0.29, 0.717) is 60.0 Å². The zero-order valence-corrected chi connectivity index (χ0v) is 17.1. The van der Waals surface area contributed by atoms with Crippen LogP contribution in [0.4, 0.5) is 5.82 Å². The summed E-state index contributed by atoms with van der Waals surface area (Å²) in [6, 6.07) is 3.86. The van der Waals surface area contributed by atoms with E-state index >= 15 is 0 Å². The van der Waals surface area contributed by atoms with Crippen LogP contribution in [0.3, 0.4) is 0 Å². The van der Waals surface area contributed by atoms with E-state index in [1.165, 1.54) is 0 Å². The summed E-state index contributed by atoms with van der Waals surface area (Å²) >= 11 is 12.6. The number of aryl methyl sites for hydroxylation is 1. The molecule has 1 N–H and O–H groups in total. The van der Waals surface area contributed by atoms with Gasteiger partial charge in [-0.3, -0.25) is 4.79 Å². The fourth-order valence-electron chi connectivity index (χ4n) is 2.87. The molecule has 2 aromatic rings. The molecule has 27 heavy (non-hydrogen) atoms. The van der Waals surface area contributed by atoms with Crippen molar-refractivity contribution in [2.75, 3.05) is 31.7 Å². The number of nitrogens with zero attached hydrogens (tertiary/aromatic N) is 3. The Bertz CT molecular complexity index is 827. The number of ether oxygens (including phenoxy) is 1. The Kier molecular flexibility index (Phi) is 6.73. The Balaban J connectivity index is 1.93. The predicted molar refractivity (Wildman–Crippen MR) is 109 cm³/mol. The van der Waals surface area contributed by atoms with Gasteiger partial charge in [0.05, 0.1) is 17.1 Å². The largest absolute Gasteiger partial charge is 0.383 e. The van der Waals surface area contributed by atoms with Gasteiger partial charge in [0.15, 0.2) is 0 Å². The van der Waals surface area contributed by atoms with E-state index in [2.05, 4.69) is 10.3 Å². The molecule has 1 aromatic carbocycles. The molecule has 146 valence electrons. The van der Waals surface area contributed by atoms with Crippen molar-refractivity contribution >= 4 is 45.8 Å². The van der Waals surface area contributed by atoms with Gasteiger partial charge in [-0.25, -0.2) is 9.97 Å². The Morgan fingerprint density at radius 1 is 1.30 bits per heavy atom. The molecule has 8 heteroatoms. The van der Waals surface area contributed by atoms with Crippen molar-refractivity contribution in [1.29, 1.82) is 0 Å². The maximum absolute atomic E-state index is 12.2. The summed E-state index contributed by atoms with van der Waals surface area (Å²) in [4.78, 5) is 23.5. The normalized spacial score (nSPS) is 13.8. The third kappa shape index (κ3) is 5.21. The summed E-state index contributed by atoms with van der Waals surface area (Å²) in [5.41, 5.74) is 0.674. The van der Waals surface area contributed by atoms with Crippen LogP contribution in [0.25, 0.3) is 10.9 Å². The number of anilines is 1. The van der Waals surface area contributed by atoms with Gasteiger partial charge in [-0.15, -0.1) is 0 Å². The second-order valence-corrected chi connectivity index (χ2v) is 7.52. The van der Waals surface area contributed by atoms with E-state index in [4.69, 9.17) is 32.9 Å². The molecule has 1 fully saturated rings.